The number of nitrogens with one attached hydrogen (secondary N) is 1. The zero-order valence-corrected chi connectivity index (χ0v) is 12.4. The van der Waals surface area contributed by atoms with Crippen LogP contribution in [0, 0.1) is 5.41 Å². The summed E-state index contributed by atoms with van der Waals surface area (Å²) in [5.41, 5.74) is 0.208. The maximum atomic E-state index is 12.5. The highest BCUT2D eigenvalue weighted by atomic mass is 32.2. The van der Waals surface area contributed by atoms with Crippen molar-refractivity contribution in [1.29, 1.82) is 0 Å². The zero-order valence-electron chi connectivity index (χ0n) is 11.6. The van der Waals surface area contributed by atoms with Crippen LogP contribution < -0.4 is 4.72 Å². The van der Waals surface area contributed by atoms with Crippen molar-refractivity contribution in [3.05, 3.63) is 0 Å². The minimum atomic E-state index is -3.11. The van der Waals surface area contributed by atoms with Crippen LogP contribution in [-0.2, 0) is 14.8 Å². The molecule has 1 heterocycles. The monoisotopic (exact) mass is 287 g/mol. The quantitative estimate of drug-likeness (QED) is 0.865. The van der Waals surface area contributed by atoms with E-state index in [9.17, 15) is 8.42 Å². The summed E-state index contributed by atoms with van der Waals surface area (Å²) in [6, 6.07) is 0.170. The lowest BCUT2D eigenvalue weighted by molar-refractivity contribution is -0.0484. The maximum absolute atomic E-state index is 12.5. The van der Waals surface area contributed by atoms with E-state index in [1.165, 1.54) is 6.42 Å². The number of sulfonamides is 1. The van der Waals surface area contributed by atoms with Crippen LogP contribution in [-0.4, -0.2) is 32.9 Å². The Balaban J connectivity index is 1.64. The van der Waals surface area contributed by atoms with Gasteiger partial charge in [-0.3, -0.25) is 0 Å². The van der Waals surface area contributed by atoms with E-state index in [0.717, 1.165) is 64.6 Å². The van der Waals surface area contributed by atoms with Gasteiger partial charge in [0.2, 0.25) is 10.0 Å². The van der Waals surface area contributed by atoms with Crippen molar-refractivity contribution in [3.8, 4) is 0 Å². The molecule has 4 nitrogen and oxygen atoms in total. The van der Waals surface area contributed by atoms with Crippen molar-refractivity contribution in [3.63, 3.8) is 0 Å². The van der Waals surface area contributed by atoms with Crippen LogP contribution in [0.4, 0.5) is 0 Å². The SMILES string of the molecule is O=S(=O)(NC1CCC12CCOCC2)C1CCCCC1. The van der Waals surface area contributed by atoms with Crippen LogP contribution in [0.25, 0.3) is 0 Å². The normalized spacial score (nSPS) is 32.1. The van der Waals surface area contributed by atoms with Gasteiger partial charge in [0.25, 0.3) is 0 Å². The van der Waals surface area contributed by atoms with E-state index in [2.05, 4.69) is 4.72 Å². The minimum absolute atomic E-state index is 0.140. The molecule has 1 N–H and O–H groups in total. The summed E-state index contributed by atoms with van der Waals surface area (Å²) in [5.74, 6) is 0. The Labute approximate surface area is 116 Å². The van der Waals surface area contributed by atoms with E-state index >= 15 is 0 Å². The second-order valence-electron chi connectivity index (χ2n) is 6.49. The maximum Gasteiger partial charge on any atom is 0.214 e. The summed E-state index contributed by atoms with van der Waals surface area (Å²) < 4.78 is 33.4. The van der Waals surface area contributed by atoms with Gasteiger partial charge in [-0.1, -0.05) is 19.3 Å². The smallest absolute Gasteiger partial charge is 0.214 e. The van der Waals surface area contributed by atoms with Crippen LogP contribution in [0.5, 0.6) is 0 Å². The molecular formula is C14H25NO3S. The summed E-state index contributed by atoms with van der Waals surface area (Å²) in [6.45, 7) is 1.59. The number of hydrogen-bond donors (Lipinski definition) is 1. The van der Waals surface area contributed by atoms with Crippen molar-refractivity contribution in [2.75, 3.05) is 13.2 Å². The number of hydrogen-bond acceptors (Lipinski definition) is 3. The van der Waals surface area contributed by atoms with Gasteiger partial charge < -0.3 is 4.74 Å². The molecule has 1 unspecified atom stereocenters. The minimum Gasteiger partial charge on any atom is -0.381 e. The first-order chi connectivity index (χ1) is 9.12. The number of ether oxygens (including phenoxy) is 1. The second kappa shape index (κ2) is 5.34. The van der Waals surface area contributed by atoms with Gasteiger partial charge in [0, 0.05) is 19.3 Å². The van der Waals surface area contributed by atoms with E-state index < -0.39 is 10.0 Å². The molecule has 3 rings (SSSR count). The predicted molar refractivity (Wildman–Crippen MR) is 74.4 cm³/mol. The molecule has 5 heteroatoms. The fourth-order valence-corrected chi connectivity index (χ4v) is 5.84. The lowest BCUT2D eigenvalue weighted by Gasteiger charge is -2.52. The lowest BCUT2D eigenvalue weighted by Crippen LogP contribution is -2.58. The molecule has 1 aliphatic heterocycles. The van der Waals surface area contributed by atoms with E-state index in [0.29, 0.717) is 0 Å². The summed E-state index contributed by atoms with van der Waals surface area (Å²) in [4.78, 5) is 0. The first-order valence-corrected chi connectivity index (χ1v) is 9.26. The third-order valence-corrected chi connectivity index (χ3v) is 7.42. The topological polar surface area (TPSA) is 55.4 Å². The van der Waals surface area contributed by atoms with Gasteiger partial charge in [0.05, 0.1) is 5.25 Å². The van der Waals surface area contributed by atoms with Gasteiger partial charge in [-0.25, -0.2) is 13.1 Å². The van der Waals surface area contributed by atoms with E-state index in [-0.39, 0.29) is 16.7 Å². The Bertz CT molecular complexity index is 408. The molecule has 0 bridgehead atoms. The third kappa shape index (κ3) is 2.69. The zero-order chi connectivity index (χ0) is 13.3. The van der Waals surface area contributed by atoms with Gasteiger partial charge in [0.1, 0.15) is 0 Å². The first kappa shape index (κ1) is 13.8. The summed E-state index contributed by atoms with van der Waals surface area (Å²) in [5, 5.41) is -0.140. The standard InChI is InChI=1S/C14H25NO3S/c16-19(17,12-4-2-1-3-5-12)15-13-6-7-14(13)8-10-18-11-9-14/h12-13,15H,1-11H2. The third-order valence-electron chi connectivity index (χ3n) is 5.46. The molecule has 3 fully saturated rings. The van der Waals surface area contributed by atoms with Gasteiger partial charge in [-0.15, -0.1) is 0 Å². The highest BCUT2D eigenvalue weighted by molar-refractivity contribution is 7.90. The molecule has 0 aromatic rings. The van der Waals surface area contributed by atoms with Crippen LogP contribution in [0.2, 0.25) is 0 Å². The molecule has 1 saturated heterocycles. The highest BCUT2D eigenvalue weighted by Crippen LogP contribution is 2.49. The molecule has 2 saturated carbocycles. The average Bonchev–Trinajstić information content (AvgIpc) is 2.46. The Hall–Kier alpha value is -0.130. The average molecular weight is 287 g/mol. The van der Waals surface area contributed by atoms with Gasteiger partial charge in [-0.2, -0.15) is 0 Å². The lowest BCUT2D eigenvalue weighted by atomic mass is 9.60. The van der Waals surface area contributed by atoms with Gasteiger partial charge in [0.15, 0.2) is 0 Å². The van der Waals surface area contributed by atoms with Crippen molar-refractivity contribution in [2.45, 2.75) is 69.1 Å². The van der Waals surface area contributed by atoms with Crippen molar-refractivity contribution in [2.24, 2.45) is 5.41 Å². The highest BCUT2D eigenvalue weighted by Gasteiger charge is 2.49. The van der Waals surface area contributed by atoms with Crippen LogP contribution in [0.1, 0.15) is 57.8 Å². The Morgan fingerprint density at radius 1 is 0.947 bits per heavy atom. The fraction of sp³-hybridized carbons (Fsp3) is 1.00. The van der Waals surface area contributed by atoms with Crippen LogP contribution in [0.15, 0.2) is 0 Å². The van der Waals surface area contributed by atoms with E-state index in [4.69, 9.17) is 4.74 Å². The Morgan fingerprint density at radius 3 is 2.21 bits per heavy atom. The molecule has 0 amide bonds. The largest absolute Gasteiger partial charge is 0.381 e. The summed E-state index contributed by atoms with van der Waals surface area (Å²) in [6.07, 6.45) is 9.22. The van der Waals surface area contributed by atoms with E-state index in [1.54, 1.807) is 0 Å². The van der Waals surface area contributed by atoms with Gasteiger partial charge >= 0.3 is 0 Å². The Morgan fingerprint density at radius 2 is 1.63 bits per heavy atom. The van der Waals surface area contributed by atoms with Gasteiger partial charge in [-0.05, 0) is 43.9 Å². The fourth-order valence-electron chi connectivity index (χ4n) is 3.93. The molecule has 1 atom stereocenters. The first-order valence-electron chi connectivity index (χ1n) is 7.71. The van der Waals surface area contributed by atoms with Crippen LogP contribution >= 0.6 is 0 Å². The second-order valence-corrected chi connectivity index (χ2v) is 8.48. The predicted octanol–water partition coefficient (Wildman–Crippen LogP) is 2.20. The number of rotatable bonds is 3. The van der Waals surface area contributed by atoms with Crippen LogP contribution in [0.3, 0.4) is 0 Å². The molecule has 110 valence electrons. The molecule has 1 spiro atoms. The Kier molecular flexibility index (Phi) is 3.89. The molecular weight excluding hydrogens is 262 g/mol. The summed E-state index contributed by atoms with van der Waals surface area (Å²) in [7, 11) is -3.11. The molecule has 0 radical (unpaired) electrons. The molecule has 0 aromatic heterocycles. The molecule has 3 aliphatic rings. The molecule has 2 aliphatic carbocycles. The molecule has 0 aromatic carbocycles. The van der Waals surface area contributed by atoms with Crippen molar-refractivity contribution >= 4 is 10.0 Å². The summed E-state index contributed by atoms with van der Waals surface area (Å²) >= 11 is 0. The van der Waals surface area contributed by atoms with Crippen molar-refractivity contribution in [1.82, 2.24) is 4.72 Å². The van der Waals surface area contributed by atoms with Crippen molar-refractivity contribution < 1.29 is 13.2 Å². The molecule has 19 heavy (non-hydrogen) atoms. The van der Waals surface area contributed by atoms with E-state index in [1.807, 2.05) is 0 Å².